The summed E-state index contributed by atoms with van der Waals surface area (Å²) in [5.41, 5.74) is 4.58. The highest BCUT2D eigenvalue weighted by molar-refractivity contribution is 6.35. The summed E-state index contributed by atoms with van der Waals surface area (Å²) in [6, 6.07) is 20.7. The lowest BCUT2D eigenvalue weighted by molar-refractivity contribution is 0.136. The van der Waals surface area contributed by atoms with Crippen LogP contribution in [-0.4, -0.2) is 40.0 Å². The maximum absolute atomic E-state index is 13.7. The third kappa shape index (κ3) is 6.11. The van der Waals surface area contributed by atoms with Crippen molar-refractivity contribution >= 4 is 34.7 Å². The molecule has 1 heterocycles. The zero-order valence-electron chi connectivity index (χ0n) is 23.5. The van der Waals surface area contributed by atoms with E-state index >= 15 is 0 Å². The molecule has 1 unspecified atom stereocenters. The lowest BCUT2D eigenvalue weighted by Crippen LogP contribution is -2.37. The lowest BCUT2D eigenvalue weighted by atomic mass is 9.98. The largest absolute Gasteiger partial charge is 0.465 e. The average Bonchev–Trinajstić information content (AvgIpc) is 3.28. The Morgan fingerprint density at radius 2 is 1.69 bits per heavy atom. The number of alkyl carbamates (subject to hydrolysis) is 1. The van der Waals surface area contributed by atoms with E-state index in [-0.39, 0.29) is 47.5 Å². The van der Waals surface area contributed by atoms with Crippen LogP contribution < -0.4 is 16.2 Å². The zero-order valence-corrected chi connectivity index (χ0v) is 24.2. The fourth-order valence-corrected chi connectivity index (χ4v) is 5.89. The number of carbonyl (C=O) groups is 2. The zero-order chi connectivity index (χ0) is 29.8. The molecule has 10 heteroatoms. The van der Waals surface area contributed by atoms with Crippen LogP contribution in [0.25, 0.3) is 22.0 Å². The number of nitrogens with one attached hydrogen (secondary N) is 2. The highest BCUT2D eigenvalue weighted by Gasteiger charge is 2.30. The predicted octanol–water partition coefficient (Wildman–Crippen LogP) is 6.33. The van der Waals surface area contributed by atoms with E-state index in [4.69, 9.17) is 26.4 Å². The van der Waals surface area contributed by atoms with Gasteiger partial charge in [0.15, 0.2) is 0 Å². The maximum atomic E-state index is 13.7. The number of carbonyl (C=O) groups excluding carboxylic acids is 1. The number of halogens is 1. The average molecular weight is 589 g/mol. The number of carboxylic acid groups (broad SMARTS) is 1. The van der Waals surface area contributed by atoms with Crippen LogP contribution in [0.4, 0.5) is 9.59 Å². The molecule has 42 heavy (non-hydrogen) atoms. The van der Waals surface area contributed by atoms with Gasteiger partial charge < -0.3 is 20.5 Å². The van der Waals surface area contributed by atoms with E-state index in [0.717, 1.165) is 22.3 Å². The topological polar surface area (TPSA) is 123 Å². The Bertz CT molecular complexity index is 1640. The van der Waals surface area contributed by atoms with Gasteiger partial charge in [-0.3, -0.25) is 9.36 Å². The first kappa shape index (κ1) is 29.1. The number of aromatic nitrogens is 2. The molecule has 3 aromatic carbocycles. The van der Waals surface area contributed by atoms with Gasteiger partial charge in [0, 0.05) is 19.0 Å². The van der Waals surface area contributed by atoms with Crippen molar-refractivity contribution in [2.75, 3.05) is 13.2 Å². The van der Waals surface area contributed by atoms with Gasteiger partial charge >= 0.3 is 12.2 Å². The molecule has 3 N–H and O–H groups in total. The van der Waals surface area contributed by atoms with E-state index in [1.165, 1.54) is 4.57 Å². The molecule has 0 aliphatic heterocycles. The van der Waals surface area contributed by atoms with E-state index in [1.54, 1.807) is 18.2 Å². The third-order valence-corrected chi connectivity index (χ3v) is 7.77. The van der Waals surface area contributed by atoms with E-state index < -0.39 is 18.2 Å². The van der Waals surface area contributed by atoms with Gasteiger partial charge in [0.1, 0.15) is 12.4 Å². The summed E-state index contributed by atoms with van der Waals surface area (Å²) in [4.78, 5) is 42.7. The molecule has 0 fully saturated rings. The Kier molecular flexibility index (Phi) is 8.77. The van der Waals surface area contributed by atoms with Crippen molar-refractivity contribution in [1.29, 1.82) is 0 Å². The number of nitrogens with zero attached hydrogens (tertiary/aromatic N) is 2. The van der Waals surface area contributed by atoms with E-state index in [2.05, 4.69) is 34.9 Å². The van der Waals surface area contributed by atoms with Gasteiger partial charge in [-0.15, -0.1) is 0 Å². The van der Waals surface area contributed by atoms with Crippen LogP contribution in [0, 0.1) is 5.92 Å². The first-order chi connectivity index (χ1) is 20.2. The number of hydrogen-bond acceptors (Lipinski definition) is 5. The third-order valence-electron chi connectivity index (χ3n) is 7.45. The molecule has 5 rings (SSSR count). The molecular weight excluding hydrogens is 556 g/mol. The number of ether oxygens (including phenoxy) is 1. The summed E-state index contributed by atoms with van der Waals surface area (Å²) in [6.07, 6.45) is -0.911. The molecule has 0 radical (unpaired) electrons. The number of rotatable bonds is 10. The number of hydrogen-bond donors (Lipinski definition) is 3. The molecule has 0 saturated carbocycles. The number of fused-ring (bicyclic) bond motifs is 4. The minimum atomic E-state index is -1.14. The van der Waals surface area contributed by atoms with Gasteiger partial charge in [-0.05, 0) is 53.1 Å². The van der Waals surface area contributed by atoms with Crippen LogP contribution >= 0.6 is 11.6 Å². The molecule has 0 bridgehead atoms. The maximum Gasteiger partial charge on any atom is 0.407 e. The van der Waals surface area contributed by atoms with Crippen LogP contribution in [0.2, 0.25) is 5.02 Å². The van der Waals surface area contributed by atoms with E-state index in [0.29, 0.717) is 24.2 Å². The fourth-order valence-electron chi connectivity index (χ4n) is 5.64. The molecular formula is C32H33ClN4O5. The van der Waals surface area contributed by atoms with Crippen LogP contribution in [0.5, 0.6) is 0 Å². The van der Waals surface area contributed by atoms with Gasteiger partial charge in [0.25, 0.3) is 5.56 Å². The first-order valence-electron chi connectivity index (χ1n) is 14.0. The normalized spacial score (nSPS) is 13.0. The SMILES string of the molecule is CC(C)CC(NC(=O)OCC1c2ccccc2-c2ccccc21)c1nc2cccc(Cl)c2c(=O)n1CCCNC(=O)O. The van der Waals surface area contributed by atoms with Gasteiger partial charge in [-0.1, -0.05) is 80.0 Å². The molecule has 9 nitrogen and oxygen atoms in total. The molecule has 0 spiro atoms. The van der Waals surface area contributed by atoms with Gasteiger partial charge in [-0.2, -0.15) is 0 Å². The quantitative estimate of drug-likeness (QED) is 0.186. The highest BCUT2D eigenvalue weighted by Crippen LogP contribution is 2.44. The van der Waals surface area contributed by atoms with Crippen molar-refractivity contribution in [2.45, 2.75) is 45.2 Å². The Labute approximate surface area is 248 Å². The molecule has 0 saturated heterocycles. The molecule has 1 atom stereocenters. The summed E-state index contributed by atoms with van der Waals surface area (Å²) < 4.78 is 7.29. The summed E-state index contributed by atoms with van der Waals surface area (Å²) in [6.45, 7) is 4.52. The summed E-state index contributed by atoms with van der Waals surface area (Å²) in [5.74, 6) is 0.429. The van der Waals surface area contributed by atoms with Crippen molar-refractivity contribution in [3.8, 4) is 11.1 Å². The van der Waals surface area contributed by atoms with Crippen molar-refractivity contribution in [1.82, 2.24) is 20.2 Å². The highest BCUT2D eigenvalue weighted by atomic mass is 35.5. The van der Waals surface area contributed by atoms with Crippen molar-refractivity contribution in [3.63, 3.8) is 0 Å². The van der Waals surface area contributed by atoms with Gasteiger partial charge in [-0.25, -0.2) is 14.6 Å². The van der Waals surface area contributed by atoms with Crippen molar-refractivity contribution in [2.24, 2.45) is 5.92 Å². The van der Waals surface area contributed by atoms with E-state index in [1.807, 2.05) is 38.1 Å². The molecule has 4 aromatic rings. The number of benzene rings is 3. The summed E-state index contributed by atoms with van der Waals surface area (Å²) >= 11 is 6.38. The molecule has 2 amide bonds. The van der Waals surface area contributed by atoms with Gasteiger partial charge in [0.2, 0.25) is 0 Å². The van der Waals surface area contributed by atoms with Crippen molar-refractivity contribution in [3.05, 3.63) is 99.1 Å². The summed E-state index contributed by atoms with van der Waals surface area (Å²) in [7, 11) is 0. The molecule has 218 valence electrons. The summed E-state index contributed by atoms with van der Waals surface area (Å²) in [5, 5.41) is 14.8. The minimum absolute atomic E-state index is 0.0902. The van der Waals surface area contributed by atoms with E-state index in [9.17, 15) is 14.4 Å². The Morgan fingerprint density at radius 3 is 2.33 bits per heavy atom. The predicted molar refractivity (Wildman–Crippen MR) is 162 cm³/mol. The lowest BCUT2D eigenvalue weighted by Gasteiger charge is -2.24. The monoisotopic (exact) mass is 588 g/mol. The Hall–Kier alpha value is -4.37. The van der Waals surface area contributed by atoms with Crippen LogP contribution in [-0.2, 0) is 11.3 Å². The first-order valence-corrected chi connectivity index (χ1v) is 14.4. The fraction of sp³-hybridized carbons (Fsp3) is 0.312. The van der Waals surface area contributed by atoms with Crippen LogP contribution in [0.3, 0.4) is 0 Å². The van der Waals surface area contributed by atoms with Crippen LogP contribution in [0.15, 0.2) is 71.5 Å². The van der Waals surface area contributed by atoms with Crippen LogP contribution in [0.1, 0.15) is 55.6 Å². The Balaban J connectivity index is 1.41. The number of amides is 2. The smallest absolute Gasteiger partial charge is 0.407 e. The molecule has 1 aromatic heterocycles. The second-order valence-corrected chi connectivity index (χ2v) is 11.2. The molecule has 1 aliphatic rings. The molecule has 1 aliphatic carbocycles. The Morgan fingerprint density at radius 1 is 1.02 bits per heavy atom. The van der Waals surface area contributed by atoms with Gasteiger partial charge in [0.05, 0.1) is 22.0 Å². The standard InChI is InChI=1S/C32H33ClN4O5/c1-19(2)17-27(29-35-26-14-7-13-25(33)28(26)30(38)37(29)16-8-15-34-31(39)40)36-32(41)42-18-24-22-11-5-3-9-20(22)21-10-4-6-12-23(21)24/h3-7,9-14,19,24,27,34H,8,15-18H2,1-2H3,(H,36,41)(H,39,40). The minimum Gasteiger partial charge on any atom is -0.465 e. The second-order valence-electron chi connectivity index (χ2n) is 10.8. The van der Waals surface area contributed by atoms with Crippen molar-refractivity contribution < 1.29 is 19.4 Å². The second kappa shape index (κ2) is 12.7.